The quantitative estimate of drug-likeness (QED) is 0.498. The highest BCUT2D eigenvalue weighted by molar-refractivity contribution is 5.85. The number of rotatable bonds is 6. The summed E-state index contributed by atoms with van der Waals surface area (Å²) < 4.78 is 0. The fraction of sp³-hybridized carbons (Fsp3) is 0.136. The van der Waals surface area contributed by atoms with Crippen molar-refractivity contribution < 1.29 is 0 Å². The van der Waals surface area contributed by atoms with Crippen LogP contribution < -0.4 is 5.32 Å². The average Bonchev–Trinajstić information content (AvgIpc) is 3.28. The van der Waals surface area contributed by atoms with Gasteiger partial charge < -0.3 is 0 Å². The van der Waals surface area contributed by atoms with Gasteiger partial charge in [-0.25, -0.2) is 0 Å². The summed E-state index contributed by atoms with van der Waals surface area (Å²) in [5.74, 6) is 0.597. The second-order valence-electron chi connectivity index (χ2n) is 6.50. The molecule has 3 aromatic carbocycles. The molecule has 0 aliphatic carbocycles. The lowest BCUT2D eigenvalue weighted by Gasteiger charge is -2.25. The molecule has 6 heteroatoms. The third kappa shape index (κ3) is 4.44. The zero-order valence-corrected chi connectivity index (χ0v) is 16.3. The highest BCUT2D eigenvalue weighted by atomic mass is 35.5. The summed E-state index contributed by atoms with van der Waals surface area (Å²) in [5, 5.41) is 18.2. The Kier molecular flexibility index (Phi) is 6.53. The van der Waals surface area contributed by atoms with Gasteiger partial charge in [0.25, 0.3) is 0 Å². The second-order valence-corrected chi connectivity index (χ2v) is 6.50. The first-order chi connectivity index (χ1) is 13.3. The molecule has 28 heavy (non-hydrogen) atoms. The fourth-order valence-corrected chi connectivity index (χ4v) is 3.26. The first-order valence-electron chi connectivity index (χ1n) is 9.01. The molecule has 0 aliphatic rings. The van der Waals surface area contributed by atoms with E-state index in [-0.39, 0.29) is 24.5 Å². The summed E-state index contributed by atoms with van der Waals surface area (Å²) in [5.41, 5.74) is 4.57. The molecule has 0 amide bonds. The van der Waals surface area contributed by atoms with Crippen LogP contribution in [-0.4, -0.2) is 20.6 Å². The van der Waals surface area contributed by atoms with Crippen molar-refractivity contribution in [2.24, 2.45) is 0 Å². The minimum atomic E-state index is 0. The van der Waals surface area contributed by atoms with Crippen molar-refractivity contribution in [2.45, 2.75) is 19.0 Å². The van der Waals surface area contributed by atoms with E-state index >= 15 is 0 Å². The van der Waals surface area contributed by atoms with Gasteiger partial charge in [-0.3, -0.25) is 5.32 Å². The lowest BCUT2D eigenvalue weighted by atomic mass is 9.95. The number of nitrogens with one attached hydrogen (secondary N) is 2. The molecule has 5 nitrogen and oxygen atoms in total. The largest absolute Gasteiger partial charge is 0.300 e. The Morgan fingerprint density at radius 1 is 0.786 bits per heavy atom. The van der Waals surface area contributed by atoms with E-state index in [2.05, 4.69) is 93.5 Å². The minimum absolute atomic E-state index is 0. The molecule has 2 atom stereocenters. The fourth-order valence-electron chi connectivity index (χ4n) is 3.26. The van der Waals surface area contributed by atoms with Crippen LogP contribution in [0.1, 0.15) is 35.7 Å². The van der Waals surface area contributed by atoms with Gasteiger partial charge >= 0.3 is 0 Å². The van der Waals surface area contributed by atoms with Crippen LogP contribution in [0.3, 0.4) is 0 Å². The van der Waals surface area contributed by atoms with Crippen LogP contribution in [0.4, 0.5) is 0 Å². The number of benzene rings is 3. The van der Waals surface area contributed by atoms with Gasteiger partial charge in [-0.1, -0.05) is 78.9 Å². The van der Waals surface area contributed by atoms with Crippen LogP contribution in [0.15, 0.2) is 84.9 Å². The number of aromatic amines is 1. The van der Waals surface area contributed by atoms with Gasteiger partial charge in [-0.05, 0) is 34.9 Å². The maximum atomic E-state index is 4.10. The highest BCUT2D eigenvalue weighted by Gasteiger charge is 2.18. The molecule has 1 unspecified atom stereocenters. The Labute approximate surface area is 170 Å². The van der Waals surface area contributed by atoms with Crippen molar-refractivity contribution in [3.05, 3.63) is 102 Å². The molecule has 2 N–H and O–H groups in total. The van der Waals surface area contributed by atoms with E-state index < -0.39 is 0 Å². The number of aromatic nitrogens is 4. The monoisotopic (exact) mass is 391 g/mol. The van der Waals surface area contributed by atoms with Crippen LogP contribution in [0.25, 0.3) is 11.4 Å². The van der Waals surface area contributed by atoms with Crippen LogP contribution in [0.5, 0.6) is 0 Å². The minimum Gasteiger partial charge on any atom is -0.300 e. The van der Waals surface area contributed by atoms with Crippen molar-refractivity contribution in [3.63, 3.8) is 0 Å². The maximum absolute atomic E-state index is 4.10. The second kappa shape index (κ2) is 9.26. The third-order valence-electron chi connectivity index (χ3n) is 4.67. The van der Waals surface area contributed by atoms with Crippen LogP contribution in [0.2, 0.25) is 0 Å². The van der Waals surface area contributed by atoms with Crippen LogP contribution >= 0.6 is 12.4 Å². The van der Waals surface area contributed by atoms with Crippen molar-refractivity contribution in [3.8, 4) is 11.4 Å². The lowest BCUT2D eigenvalue weighted by Crippen LogP contribution is -2.25. The van der Waals surface area contributed by atoms with Crippen LogP contribution in [-0.2, 0) is 0 Å². The predicted octanol–water partition coefficient (Wildman–Crippen LogP) is 4.73. The summed E-state index contributed by atoms with van der Waals surface area (Å²) in [7, 11) is 0. The highest BCUT2D eigenvalue weighted by Crippen LogP contribution is 2.28. The van der Waals surface area contributed by atoms with Crippen molar-refractivity contribution >= 4 is 12.4 Å². The normalized spacial score (nSPS) is 12.8. The first kappa shape index (κ1) is 19.7. The van der Waals surface area contributed by atoms with Gasteiger partial charge in [0, 0.05) is 11.6 Å². The summed E-state index contributed by atoms with van der Waals surface area (Å²) in [6, 6.07) is 29.5. The van der Waals surface area contributed by atoms with Crippen LogP contribution in [0, 0.1) is 0 Å². The zero-order chi connectivity index (χ0) is 18.5. The van der Waals surface area contributed by atoms with Gasteiger partial charge in [0.1, 0.15) is 0 Å². The summed E-state index contributed by atoms with van der Waals surface area (Å²) >= 11 is 0. The Morgan fingerprint density at radius 3 is 2.07 bits per heavy atom. The van der Waals surface area contributed by atoms with Gasteiger partial charge in [0.15, 0.2) is 0 Å². The Hall–Kier alpha value is -3.02. The molecule has 4 aromatic rings. The van der Waals surface area contributed by atoms with E-state index in [9.17, 15) is 0 Å². The average molecular weight is 392 g/mol. The number of H-pyrrole nitrogens is 1. The third-order valence-corrected chi connectivity index (χ3v) is 4.67. The van der Waals surface area contributed by atoms with E-state index in [0.29, 0.717) is 5.82 Å². The smallest absolute Gasteiger partial charge is 0.204 e. The first-order valence-corrected chi connectivity index (χ1v) is 9.01. The molecule has 0 aliphatic heterocycles. The van der Waals surface area contributed by atoms with Crippen molar-refractivity contribution in [1.29, 1.82) is 0 Å². The number of halogens is 1. The Bertz CT molecular complexity index is 974. The summed E-state index contributed by atoms with van der Waals surface area (Å²) in [6.07, 6.45) is 0. The number of hydrogen-bond acceptors (Lipinski definition) is 4. The topological polar surface area (TPSA) is 66.5 Å². The maximum Gasteiger partial charge on any atom is 0.204 e. The number of nitrogens with zero attached hydrogens (tertiary/aromatic N) is 3. The van der Waals surface area contributed by atoms with Crippen molar-refractivity contribution in [2.75, 3.05) is 0 Å². The summed E-state index contributed by atoms with van der Waals surface area (Å²) in [6.45, 7) is 2.19. The molecule has 0 spiro atoms. The molecular weight excluding hydrogens is 370 g/mol. The van der Waals surface area contributed by atoms with E-state index in [4.69, 9.17) is 0 Å². The lowest BCUT2D eigenvalue weighted by molar-refractivity contribution is 0.516. The molecule has 1 heterocycles. The molecule has 4 rings (SSSR count). The van der Waals surface area contributed by atoms with E-state index in [1.165, 1.54) is 11.1 Å². The van der Waals surface area contributed by atoms with Gasteiger partial charge in [0.2, 0.25) is 5.82 Å². The molecular formula is C22H22ClN5. The van der Waals surface area contributed by atoms with E-state index in [1.54, 1.807) is 0 Å². The van der Waals surface area contributed by atoms with Crippen molar-refractivity contribution in [1.82, 2.24) is 25.9 Å². The van der Waals surface area contributed by atoms with Gasteiger partial charge in [-0.15, -0.1) is 22.6 Å². The number of hydrogen-bond donors (Lipinski definition) is 2. The zero-order valence-electron chi connectivity index (χ0n) is 15.5. The standard InChI is InChI=1S/C22H21N5.ClH/c1-16(17-9-4-2-5-10-17)23-21(18-11-6-3-7-12-18)19-13-8-14-20(15-19)22-24-26-27-25-22;/h2-16,21,23H,1H3,(H,24,25,26,27);1H/t16-,21?;/m0./s1. The van der Waals surface area contributed by atoms with E-state index in [1.807, 2.05) is 24.3 Å². The predicted molar refractivity (Wildman–Crippen MR) is 113 cm³/mol. The number of tetrazole rings is 1. The van der Waals surface area contributed by atoms with E-state index in [0.717, 1.165) is 11.1 Å². The molecule has 0 saturated heterocycles. The molecule has 142 valence electrons. The molecule has 1 aromatic heterocycles. The summed E-state index contributed by atoms with van der Waals surface area (Å²) in [4.78, 5) is 0. The molecule has 0 saturated carbocycles. The van der Waals surface area contributed by atoms with Gasteiger partial charge in [-0.2, -0.15) is 5.21 Å². The Morgan fingerprint density at radius 2 is 1.43 bits per heavy atom. The van der Waals surface area contributed by atoms with Gasteiger partial charge in [0.05, 0.1) is 6.04 Å². The molecule has 0 fully saturated rings. The SMILES string of the molecule is C[C@H](NC(c1ccccc1)c1cccc(-c2nn[nH]n2)c1)c1ccccc1.Cl. The molecule has 0 radical (unpaired) electrons. The Balaban J connectivity index is 0.00000225. The molecule has 0 bridgehead atoms.